The highest BCUT2D eigenvalue weighted by atomic mass is 32.1. The molecule has 0 aliphatic carbocycles. The molecule has 1 aliphatic heterocycles. The number of thiophene rings is 1. The molecule has 8 nitrogen and oxygen atoms in total. The van der Waals surface area contributed by atoms with Crippen molar-refractivity contribution < 1.29 is 23.9 Å². The van der Waals surface area contributed by atoms with E-state index < -0.39 is 6.04 Å². The van der Waals surface area contributed by atoms with Crippen LogP contribution in [0.4, 0.5) is 11.4 Å². The number of fused-ring (bicyclic) bond motifs is 1. The van der Waals surface area contributed by atoms with Crippen LogP contribution in [-0.4, -0.2) is 24.5 Å². The maximum absolute atomic E-state index is 12.9. The zero-order valence-corrected chi connectivity index (χ0v) is 18.0. The monoisotopic (exact) mass is 451 g/mol. The first-order valence-corrected chi connectivity index (χ1v) is 10.8. The van der Waals surface area contributed by atoms with E-state index in [1.807, 2.05) is 17.5 Å². The van der Waals surface area contributed by atoms with Crippen LogP contribution < -0.4 is 25.4 Å². The summed E-state index contributed by atoms with van der Waals surface area (Å²) in [5.41, 5.74) is 1.23. The quantitative estimate of drug-likeness (QED) is 0.505. The van der Waals surface area contributed by atoms with Crippen molar-refractivity contribution in [2.45, 2.75) is 19.4 Å². The summed E-state index contributed by atoms with van der Waals surface area (Å²) in [4.78, 5) is 38.1. The Morgan fingerprint density at radius 2 is 1.81 bits per heavy atom. The summed E-state index contributed by atoms with van der Waals surface area (Å²) in [6.45, 7) is 1.56. The standard InChI is InChI=1S/C23H21N3O5S/c1-14(27)24-18(21-7-4-10-32-21)12-22(28)26-17-6-3-2-5-16(17)23(29)25-15-8-9-19-20(11-15)31-13-30-19/h2-11,18H,12-13H2,1H3,(H,24,27)(H,25,29)(H,26,28)/t18-/m1/s1. The number of hydrogen-bond donors (Lipinski definition) is 3. The van der Waals surface area contributed by atoms with Crippen molar-refractivity contribution >= 4 is 40.4 Å². The van der Waals surface area contributed by atoms with E-state index in [-0.39, 0.29) is 30.9 Å². The zero-order valence-electron chi connectivity index (χ0n) is 17.2. The van der Waals surface area contributed by atoms with E-state index in [0.29, 0.717) is 28.4 Å². The smallest absolute Gasteiger partial charge is 0.257 e. The Kier molecular flexibility index (Phi) is 6.37. The van der Waals surface area contributed by atoms with Crippen LogP contribution in [0.2, 0.25) is 0 Å². The molecule has 3 amide bonds. The van der Waals surface area contributed by atoms with Crippen molar-refractivity contribution in [3.8, 4) is 11.5 Å². The molecule has 4 rings (SSSR count). The second-order valence-electron chi connectivity index (χ2n) is 7.09. The molecule has 3 N–H and O–H groups in total. The minimum absolute atomic E-state index is 0.0399. The van der Waals surface area contributed by atoms with Crippen LogP contribution in [0, 0.1) is 0 Å². The van der Waals surface area contributed by atoms with Gasteiger partial charge in [0.05, 0.1) is 23.7 Å². The number of rotatable bonds is 7. The summed E-state index contributed by atoms with van der Waals surface area (Å²) in [5.74, 6) is 0.258. The van der Waals surface area contributed by atoms with Gasteiger partial charge in [0.15, 0.2) is 11.5 Å². The highest BCUT2D eigenvalue weighted by Crippen LogP contribution is 2.34. The number of carbonyl (C=O) groups excluding carboxylic acids is 3. The molecule has 0 radical (unpaired) electrons. The molecule has 164 valence electrons. The number of hydrogen-bond acceptors (Lipinski definition) is 6. The summed E-state index contributed by atoms with van der Waals surface area (Å²) in [6, 6.07) is 15.1. The van der Waals surface area contributed by atoms with Crippen LogP contribution in [0.15, 0.2) is 60.0 Å². The summed E-state index contributed by atoms with van der Waals surface area (Å²) in [6.07, 6.45) is 0.0399. The van der Waals surface area contributed by atoms with Crippen molar-refractivity contribution in [1.82, 2.24) is 5.32 Å². The van der Waals surface area contributed by atoms with E-state index in [1.54, 1.807) is 42.5 Å². The van der Waals surface area contributed by atoms with Crippen molar-refractivity contribution in [3.05, 3.63) is 70.4 Å². The number of anilines is 2. The molecule has 2 heterocycles. The summed E-state index contributed by atoms with van der Waals surface area (Å²) < 4.78 is 10.6. The highest BCUT2D eigenvalue weighted by Gasteiger charge is 2.20. The highest BCUT2D eigenvalue weighted by molar-refractivity contribution is 7.10. The molecule has 2 aromatic carbocycles. The lowest BCUT2D eigenvalue weighted by atomic mass is 10.1. The van der Waals surface area contributed by atoms with Crippen LogP contribution in [-0.2, 0) is 9.59 Å². The fourth-order valence-electron chi connectivity index (χ4n) is 3.31. The van der Waals surface area contributed by atoms with Gasteiger partial charge in [0, 0.05) is 23.6 Å². The lowest BCUT2D eigenvalue weighted by Gasteiger charge is -2.17. The average Bonchev–Trinajstić information content (AvgIpc) is 3.45. The molecular weight excluding hydrogens is 430 g/mol. The predicted octanol–water partition coefficient (Wildman–Crippen LogP) is 3.94. The van der Waals surface area contributed by atoms with Gasteiger partial charge in [0.25, 0.3) is 5.91 Å². The number of nitrogens with one attached hydrogen (secondary N) is 3. The Bertz CT molecular complexity index is 1150. The average molecular weight is 452 g/mol. The van der Waals surface area contributed by atoms with Crippen molar-refractivity contribution in [2.24, 2.45) is 0 Å². The maximum Gasteiger partial charge on any atom is 0.257 e. The lowest BCUT2D eigenvalue weighted by Crippen LogP contribution is -2.29. The molecule has 1 aromatic heterocycles. The normalized spacial score (nSPS) is 12.7. The molecule has 0 spiro atoms. The SMILES string of the molecule is CC(=O)N[C@H](CC(=O)Nc1ccccc1C(=O)Nc1ccc2c(c1)OCO2)c1cccs1. The van der Waals surface area contributed by atoms with E-state index in [2.05, 4.69) is 16.0 Å². The van der Waals surface area contributed by atoms with Gasteiger partial charge in [-0.2, -0.15) is 0 Å². The molecule has 0 saturated carbocycles. The Hall–Kier alpha value is -3.85. The van der Waals surface area contributed by atoms with Gasteiger partial charge in [0.1, 0.15) is 0 Å². The molecule has 0 unspecified atom stereocenters. The maximum atomic E-state index is 12.9. The third kappa shape index (κ3) is 5.06. The van der Waals surface area contributed by atoms with Gasteiger partial charge in [-0.3, -0.25) is 14.4 Å². The summed E-state index contributed by atoms with van der Waals surface area (Å²) in [7, 11) is 0. The van der Waals surface area contributed by atoms with Crippen molar-refractivity contribution in [3.63, 3.8) is 0 Å². The summed E-state index contributed by atoms with van der Waals surface area (Å²) >= 11 is 1.46. The Morgan fingerprint density at radius 1 is 1.00 bits per heavy atom. The first-order valence-electron chi connectivity index (χ1n) is 9.90. The molecule has 1 atom stereocenters. The topological polar surface area (TPSA) is 106 Å². The number of amides is 3. The zero-order chi connectivity index (χ0) is 22.5. The van der Waals surface area contributed by atoms with Crippen LogP contribution in [0.1, 0.15) is 34.6 Å². The Balaban J connectivity index is 1.46. The van der Waals surface area contributed by atoms with E-state index >= 15 is 0 Å². The lowest BCUT2D eigenvalue weighted by molar-refractivity contribution is -0.120. The molecule has 0 fully saturated rings. The second-order valence-corrected chi connectivity index (χ2v) is 8.07. The van der Waals surface area contributed by atoms with Crippen LogP contribution in [0.3, 0.4) is 0 Å². The van der Waals surface area contributed by atoms with Gasteiger partial charge in [-0.05, 0) is 35.7 Å². The van der Waals surface area contributed by atoms with Crippen LogP contribution in [0.5, 0.6) is 11.5 Å². The fourth-order valence-corrected chi connectivity index (χ4v) is 4.09. The van der Waals surface area contributed by atoms with Crippen molar-refractivity contribution in [1.29, 1.82) is 0 Å². The van der Waals surface area contributed by atoms with E-state index in [9.17, 15) is 14.4 Å². The molecular formula is C23H21N3O5S. The van der Waals surface area contributed by atoms with Gasteiger partial charge in [-0.25, -0.2) is 0 Å². The first kappa shape index (κ1) is 21.4. The molecule has 3 aromatic rings. The fraction of sp³-hybridized carbons (Fsp3) is 0.174. The van der Waals surface area contributed by atoms with Crippen LogP contribution >= 0.6 is 11.3 Å². The van der Waals surface area contributed by atoms with Gasteiger partial charge in [-0.1, -0.05) is 18.2 Å². The van der Waals surface area contributed by atoms with Crippen molar-refractivity contribution in [2.75, 3.05) is 17.4 Å². The Labute approximate surface area is 188 Å². The Morgan fingerprint density at radius 3 is 2.59 bits per heavy atom. The number of ether oxygens (including phenoxy) is 2. The molecule has 9 heteroatoms. The minimum Gasteiger partial charge on any atom is -0.454 e. The minimum atomic E-state index is -0.442. The predicted molar refractivity (Wildman–Crippen MR) is 121 cm³/mol. The van der Waals surface area contributed by atoms with E-state index in [4.69, 9.17) is 9.47 Å². The third-order valence-electron chi connectivity index (χ3n) is 4.73. The van der Waals surface area contributed by atoms with E-state index in [1.165, 1.54) is 18.3 Å². The molecule has 32 heavy (non-hydrogen) atoms. The molecule has 0 bridgehead atoms. The molecule has 1 aliphatic rings. The van der Waals surface area contributed by atoms with E-state index in [0.717, 1.165) is 4.88 Å². The number of benzene rings is 2. The van der Waals surface area contributed by atoms with Gasteiger partial charge in [0.2, 0.25) is 18.6 Å². The second kappa shape index (κ2) is 9.52. The number of para-hydroxylation sites is 1. The van der Waals surface area contributed by atoms with Gasteiger partial charge >= 0.3 is 0 Å². The first-order chi connectivity index (χ1) is 15.5. The number of carbonyl (C=O) groups is 3. The van der Waals surface area contributed by atoms with Crippen LogP contribution in [0.25, 0.3) is 0 Å². The van der Waals surface area contributed by atoms with Gasteiger partial charge < -0.3 is 25.4 Å². The van der Waals surface area contributed by atoms with Gasteiger partial charge in [-0.15, -0.1) is 11.3 Å². The third-order valence-corrected chi connectivity index (χ3v) is 5.72. The summed E-state index contributed by atoms with van der Waals surface area (Å²) in [5, 5.41) is 10.3. The molecule has 0 saturated heterocycles. The largest absolute Gasteiger partial charge is 0.454 e.